The minimum Gasteiger partial charge on any atom is -0.457 e. The van der Waals surface area contributed by atoms with Crippen LogP contribution in [0.4, 0.5) is 0 Å². The lowest BCUT2D eigenvalue weighted by Crippen LogP contribution is -2.32. The fourth-order valence-corrected chi connectivity index (χ4v) is 8.12. The highest BCUT2D eigenvalue weighted by atomic mass is 16.5. The van der Waals surface area contributed by atoms with Gasteiger partial charge in [-0.05, 0) is 103 Å². The molecule has 7 aromatic rings. The number of hydrogen-bond acceptors (Lipinski definition) is 4. The molecule has 2 aromatic heterocycles. The standard InChI is InChI=1S/C44H33N3O/c1-26-22-27(2)46-39(23-26)32-13-6-5-12-31(32)30-20-21-42-38(25-30)44(36-17-9-10-19-41(36)48-42)35-16-8-7-14-33(35)43-34(15-11-18-37(43)44)40-24-28(3)45-29(4)47-40/h5-25H,1-4H3. The van der Waals surface area contributed by atoms with Crippen LogP contribution in [0.15, 0.2) is 127 Å². The summed E-state index contributed by atoms with van der Waals surface area (Å²) in [6, 6.07) is 45.7. The Kier molecular flexibility index (Phi) is 6.25. The van der Waals surface area contributed by atoms with E-state index in [0.29, 0.717) is 0 Å². The molecule has 0 saturated carbocycles. The van der Waals surface area contributed by atoms with Crippen molar-refractivity contribution in [3.8, 4) is 56.3 Å². The molecule has 0 bridgehead atoms. The molecule has 1 atom stereocenters. The van der Waals surface area contributed by atoms with Crippen LogP contribution in [0.1, 0.15) is 45.0 Å². The third-order valence-corrected chi connectivity index (χ3v) is 9.82. The Morgan fingerprint density at radius 3 is 1.92 bits per heavy atom. The molecule has 0 fully saturated rings. The lowest BCUT2D eigenvalue weighted by molar-refractivity contribution is 0.436. The number of pyridine rings is 1. The van der Waals surface area contributed by atoms with Crippen LogP contribution in [-0.2, 0) is 5.41 Å². The van der Waals surface area contributed by atoms with Gasteiger partial charge in [-0.25, -0.2) is 9.97 Å². The summed E-state index contributed by atoms with van der Waals surface area (Å²) in [6.45, 7) is 8.19. The Morgan fingerprint density at radius 1 is 0.458 bits per heavy atom. The van der Waals surface area contributed by atoms with E-state index < -0.39 is 5.41 Å². The lowest BCUT2D eigenvalue weighted by atomic mass is 9.65. The second-order valence-corrected chi connectivity index (χ2v) is 13.0. The number of hydrogen-bond donors (Lipinski definition) is 0. The Morgan fingerprint density at radius 2 is 1.10 bits per heavy atom. The van der Waals surface area contributed by atoms with Crippen LogP contribution in [0.25, 0.3) is 44.8 Å². The van der Waals surface area contributed by atoms with Crippen molar-refractivity contribution in [1.82, 2.24) is 15.0 Å². The van der Waals surface area contributed by atoms with Gasteiger partial charge in [-0.1, -0.05) is 91.0 Å². The molecule has 0 radical (unpaired) electrons. The van der Waals surface area contributed by atoms with Crippen LogP contribution in [0.3, 0.4) is 0 Å². The summed E-state index contributed by atoms with van der Waals surface area (Å²) in [6.07, 6.45) is 0. The molecule has 1 unspecified atom stereocenters. The van der Waals surface area contributed by atoms with Crippen molar-refractivity contribution >= 4 is 0 Å². The average molecular weight is 620 g/mol. The van der Waals surface area contributed by atoms with Crippen molar-refractivity contribution in [2.75, 3.05) is 0 Å². The molecule has 0 N–H and O–H groups in total. The Hall–Kier alpha value is -5.87. The smallest absolute Gasteiger partial charge is 0.132 e. The number of aromatic nitrogens is 3. The number of fused-ring (bicyclic) bond motifs is 9. The number of rotatable bonds is 3. The fraction of sp³-hybridized carbons (Fsp3) is 0.114. The maximum absolute atomic E-state index is 6.74. The molecule has 1 aliphatic heterocycles. The molecule has 4 heteroatoms. The van der Waals surface area contributed by atoms with Gasteiger partial charge in [-0.15, -0.1) is 0 Å². The summed E-state index contributed by atoms with van der Waals surface area (Å²) < 4.78 is 6.74. The highest BCUT2D eigenvalue weighted by molar-refractivity contribution is 5.96. The summed E-state index contributed by atoms with van der Waals surface area (Å²) in [5, 5.41) is 0. The van der Waals surface area contributed by atoms with E-state index >= 15 is 0 Å². The molecule has 48 heavy (non-hydrogen) atoms. The summed E-state index contributed by atoms with van der Waals surface area (Å²) in [7, 11) is 0. The zero-order chi connectivity index (χ0) is 32.6. The van der Waals surface area contributed by atoms with E-state index in [2.05, 4.69) is 146 Å². The first kappa shape index (κ1) is 28.4. The Labute approximate surface area is 280 Å². The van der Waals surface area contributed by atoms with Crippen molar-refractivity contribution in [3.05, 3.63) is 172 Å². The van der Waals surface area contributed by atoms with Gasteiger partial charge in [0.15, 0.2) is 0 Å². The normalized spacial score (nSPS) is 15.3. The van der Waals surface area contributed by atoms with Gasteiger partial charge < -0.3 is 4.74 Å². The quantitative estimate of drug-likeness (QED) is 0.197. The molecule has 3 heterocycles. The van der Waals surface area contributed by atoms with Crippen molar-refractivity contribution in [1.29, 1.82) is 0 Å². The maximum atomic E-state index is 6.74. The van der Waals surface area contributed by atoms with Gasteiger partial charge in [0.05, 0.1) is 16.8 Å². The van der Waals surface area contributed by atoms with E-state index in [4.69, 9.17) is 14.7 Å². The van der Waals surface area contributed by atoms with Crippen LogP contribution in [-0.4, -0.2) is 15.0 Å². The molecule has 1 spiro atoms. The number of aryl methyl sites for hydroxylation is 4. The SMILES string of the molecule is Cc1cc(C)nc(-c2ccccc2-c2ccc3c(c2)C2(c4ccccc4O3)c3ccccc3-c3c(-c4cc(C)nc(C)n4)cccc32)c1. The number of para-hydroxylation sites is 1. The number of ether oxygens (including phenoxy) is 1. The molecule has 0 saturated heterocycles. The van der Waals surface area contributed by atoms with E-state index in [-0.39, 0.29) is 0 Å². The molecule has 2 aliphatic rings. The predicted molar refractivity (Wildman–Crippen MR) is 192 cm³/mol. The third-order valence-electron chi connectivity index (χ3n) is 9.82. The molecule has 1 aliphatic carbocycles. The topological polar surface area (TPSA) is 47.9 Å². The molecular weight excluding hydrogens is 587 g/mol. The van der Waals surface area contributed by atoms with Crippen molar-refractivity contribution < 1.29 is 4.74 Å². The molecule has 0 amide bonds. The fourth-order valence-electron chi connectivity index (χ4n) is 8.12. The zero-order valence-corrected chi connectivity index (χ0v) is 27.4. The van der Waals surface area contributed by atoms with Gasteiger partial charge in [0.25, 0.3) is 0 Å². The van der Waals surface area contributed by atoms with Crippen LogP contribution in [0.2, 0.25) is 0 Å². The monoisotopic (exact) mass is 619 g/mol. The molecule has 4 nitrogen and oxygen atoms in total. The molecular formula is C44H33N3O. The first-order chi connectivity index (χ1) is 23.4. The van der Waals surface area contributed by atoms with Gasteiger partial charge >= 0.3 is 0 Å². The van der Waals surface area contributed by atoms with Gasteiger partial charge in [-0.2, -0.15) is 0 Å². The largest absolute Gasteiger partial charge is 0.457 e. The first-order valence-electron chi connectivity index (χ1n) is 16.4. The van der Waals surface area contributed by atoms with Crippen molar-refractivity contribution in [2.45, 2.75) is 33.1 Å². The van der Waals surface area contributed by atoms with Crippen molar-refractivity contribution in [3.63, 3.8) is 0 Å². The van der Waals surface area contributed by atoms with E-state index in [1.807, 2.05) is 13.8 Å². The van der Waals surface area contributed by atoms with E-state index in [1.165, 1.54) is 27.8 Å². The van der Waals surface area contributed by atoms with Crippen LogP contribution in [0, 0.1) is 27.7 Å². The Balaban J connectivity index is 1.36. The summed E-state index contributed by atoms with van der Waals surface area (Å²) >= 11 is 0. The third kappa shape index (κ3) is 4.12. The van der Waals surface area contributed by atoms with E-state index in [0.717, 1.165) is 73.5 Å². The highest BCUT2D eigenvalue weighted by Gasteiger charge is 2.51. The first-order valence-corrected chi connectivity index (χ1v) is 16.4. The average Bonchev–Trinajstić information content (AvgIpc) is 3.38. The second-order valence-electron chi connectivity index (χ2n) is 13.0. The van der Waals surface area contributed by atoms with Gasteiger partial charge in [0.1, 0.15) is 17.3 Å². The maximum Gasteiger partial charge on any atom is 0.132 e. The summed E-state index contributed by atoms with van der Waals surface area (Å²) in [5.74, 6) is 2.51. The summed E-state index contributed by atoms with van der Waals surface area (Å²) in [4.78, 5) is 14.5. The van der Waals surface area contributed by atoms with E-state index in [1.54, 1.807) is 0 Å². The van der Waals surface area contributed by atoms with Gasteiger partial charge in [0, 0.05) is 33.6 Å². The van der Waals surface area contributed by atoms with Crippen LogP contribution >= 0.6 is 0 Å². The molecule has 9 rings (SSSR count). The van der Waals surface area contributed by atoms with Gasteiger partial charge in [-0.3, -0.25) is 4.98 Å². The zero-order valence-electron chi connectivity index (χ0n) is 27.4. The van der Waals surface area contributed by atoms with Gasteiger partial charge in [0.2, 0.25) is 0 Å². The van der Waals surface area contributed by atoms with E-state index in [9.17, 15) is 0 Å². The predicted octanol–water partition coefficient (Wildman–Crippen LogP) is 10.6. The Bertz CT molecular complexity index is 2400. The number of nitrogens with zero attached hydrogens (tertiary/aromatic N) is 3. The molecule has 230 valence electrons. The highest BCUT2D eigenvalue weighted by Crippen LogP contribution is 2.63. The molecule has 5 aromatic carbocycles. The van der Waals surface area contributed by atoms with Crippen molar-refractivity contribution in [2.24, 2.45) is 0 Å². The van der Waals surface area contributed by atoms with Crippen LogP contribution in [0.5, 0.6) is 11.5 Å². The lowest BCUT2D eigenvalue weighted by Gasteiger charge is -2.39. The summed E-state index contributed by atoms with van der Waals surface area (Å²) in [5.41, 5.74) is 16.1. The van der Waals surface area contributed by atoms with Crippen LogP contribution < -0.4 is 4.74 Å². The minimum absolute atomic E-state index is 0.605. The minimum atomic E-state index is -0.605. The number of benzene rings is 5. The second kappa shape index (κ2) is 10.6.